The summed E-state index contributed by atoms with van der Waals surface area (Å²) in [5, 5.41) is 13.6. The Hall–Kier alpha value is -4.57. The Morgan fingerprint density at radius 2 is 1.75 bits per heavy atom. The quantitative estimate of drug-likeness (QED) is 0.319. The van der Waals surface area contributed by atoms with Crippen LogP contribution in [0, 0.1) is 5.82 Å². The van der Waals surface area contributed by atoms with Crippen molar-refractivity contribution in [3.8, 4) is 5.75 Å². The molecule has 0 unspecified atom stereocenters. The van der Waals surface area contributed by atoms with Gasteiger partial charge in [0.05, 0.1) is 18.8 Å². The van der Waals surface area contributed by atoms with Crippen LogP contribution in [0.15, 0.2) is 83.7 Å². The van der Waals surface area contributed by atoms with Gasteiger partial charge in [0, 0.05) is 42.6 Å². The zero-order valence-electron chi connectivity index (χ0n) is 22.2. The van der Waals surface area contributed by atoms with Gasteiger partial charge in [-0.2, -0.15) is 0 Å². The van der Waals surface area contributed by atoms with Crippen LogP contribution in [0.5, 0.6) is 5.75 Å². The molecule has 1 fully saturated rings. The van der Waals surface area contributed by atoms with Crippen molar-refractivity contribution in [2.75, 3.05) is 37.7 Å². The molecule has 1 aliphatic heterocycles. The maximum absolute atomic E-state index is 14.5. The fourth-order valence-corrected chi connectivity index (χ4v) is 5.37. The van der Waals surface area contributed by atoms with Crippen molar-refractivity contribution in [1.29, 1.82) is 0 Å². The van der Waals surface area contributed by atoms with Gasteiger partial charge in [0.15, 0.2) is 5.82 Å². The van der Waals surface area contributed by atoms with Gasteiger partial charge < -0.3 is 14.6 Å². The molecule has 204 valence electrons. The minimum atomic E-state index is -0.509. The first-order chi connectivity index (χ1) is 19.6. The lowest BCUT2D eigenvalue weighted by atomic mass is 10.0. The molecule has 1 aliphatic rings. The highest BCUT2D eigenvalue weighted by Crippen LogP contribution is 2.30. The van der Waals surface area contributed by atoms with Crippen LogP contribution in [0.3, 0.4) is 0 Å². The summed E-state index contributed by atoms with van der Waals surface area (Å²) < 4.78 is 22.0. The van der Waals surface area contributed by atoms with Gasteiger partial charge in [0.2, 0.25) is 0 Å². The number of anilines is 1. The zero-order valence-corrected chi connectivity index (χ0v) is 22.2. The molecule has 40 heavy (non-hydrogen) atoms. The van der Waals surface area contributed by atoms with E-state index in [0.29, 0.717) is 56.4 Å². The van der Waals surface area contributed by atoms with Crippen LogP contribution in [0.2, 0.25) is 0 Å². The van der Waals surface area contributed by atoms with Crippen LogP contribution in [-0.4, -0.2) is 62.9 Å². The van der Waals surface area contributed by atoms with Gasteiger partial charge in [-0.15, -0.1) is 5.10 Å². The Morgan fingerprint density at radius 3 is 2.52 bits per heavy atom. The molecule has 3 aromatic carbocycles. The van der Waals surface area contributed by atoms with Crippen molar-refractivity contribution in [2.45, 2.75) is 19.5 Å². The smallest absolute Gasteiger partial charge is 0.253 e. The summed E-state index contributed by atoms with van der Waals surface area (Å²) in [6.07, 6.45) is 0. The fourth-order valence-electron chi connectivity index (χ4n) is 5.37. The summed E-state index contributed by atoms with van der Waals surface area (Å²) >= 11 is 0. The number of halogens is 1. The van der Waals surface area contributed by atoms with Gasteiger partial charge in [-0.3, -0.25) is 9.69 Å². The number of nitrogens with zero attached hydrogens (tertiary/aromatic N) is 6. The van der Waals surface area contributed by atoms with Crippen LogP contribution >= 0.6 is 0 Å². The molecule has 0 bridgehead atoms. The van der Waals surface area contributed by atoms with Gasteiger partial charge >= 0.3 is 0 Å². The fraction of sp³-hybridized carbons (Fsp3) is 0.267. The van der Waals surface area contributed by atoms with E-state index in [2.05, 4.69) is 25.4 Å². The van der Waals surface area contributed by atoms with E-state index in [9.17, 15) is 9.18 Å². The van der Waals surface area contributed by atoms with Crippen molar-refractivity contribution in [3.05, 3.63) is 112 Å². The highest BCUT2D eigenvalue weighted by molar-refractivity contribution is 5.80. The Labute approximate surface area is 230 Å². The van der Waals surface area contributed by atoms with E-state index in [0.717, 1.165) is 22.2 Å². The lowest BCUT2D eigenvalue weighted by molar-refractivity contribution is 0.200. The lowest BCUT2D eigenvalue weighted by Gasteiger charge is -2.39. The first-order valence-corrected chi connectivity index (χ1v) is 13.4. The van der Waals surface area contributed by atoms with Crippen molar-refractivity contribution in [3.63, 3.8) is 0 Å². The summed E-state index contributed by atoms with van der Waals surface area (Å²) in [5.41, 5.74) is 2.70. The second-order valence-electron chi connectivity index (χ2n) is 9.79. The number of aromatic nitrogens is 5. The number of aromatic amines is 1. The van der Waals surface area contributed by atoms with E-state index in [1.165, 1.54) is 6.07 Å². The summed E-state index contributed by atoms with van der Waals surface area (Å²) in [6.45, 7) is 5.32. The Morgan fingerprint density at radius 1 is 0.975 bits per heavy atom. The number of tetrazole rings is 1. The molecule has 0 radical (unpaired) electrons. The number of hydrogen-bond acceptors (Lipinski definition) is 7. The number of para-hydroxylation sites is 1. The first-order valence-electron chi connectivity index (χ1n) is 13.4. The topological polar surface area (TPSA) is 92.2 Å². The van der Waals surface area contributed by atoms with Crippen molar-refractivity contribution in [1.82, 2.24) is 30.1 Å². The van der Waals surface area contributed by atoms with Gasteiger partial charge in [0.1, 0.15) is 17.6 Å². The molecule has 3 heterocycles. The number of benzene rings is 3. The molecular formula is C30H30FN7O2. The number of H-pyrrole nitrogens is 1. The molecule has 0 spiro atoms. The minimum absolute atomic E-state index is 0.201. The third kappa shape index (κ3) is 5.17. The summed E-state index contributed by atoms with van der Waals surface area (Å²) in [6, 6.07) is 23.8. The molecule has 2 aromatic heterocycles. The molecule has 5 aromatic rings. The summed E-state index contributed by atoms with van der Waals surface area (Å²) in [5.74, 6) is 1.07. The second kappa shape index (κ2) is 11.3. The summed E-state index contributed by atoms with van der Waals surface area (Å²) in [7, 11) is 0. The maximum atomic E-state index is 14.5. The van der Waals surface area contributed by atoms with E-state index in [1.807, 2.05) is 72.5 Å². The number of pyridine rings is 1. The molecular weight excluding hydrogens is 509 g/mol. The van der Waals surface area contributed by atoms with Gasteiger partial charge in [-0.25, -0.2) is 9.07 Å². The molecule has 0 aliphatic carbocycles. The van der Waals surface area contributed by atoms with Crippen LogP contribution in [0.25, 0.3) is 10.9 Å². The van der Waals surface area contributed by atoms with Crippen LogP contribution < -0.4 is 15.2 Å². The number of piperazine rings is 1. The highest BCUT2D eigenvalue weighted by atomic mass is 19.1. The molecule has 1 atom stereocenters. The Kier molecular flexibility index (Phi) is 7.24. The van der Waals surface area contributed by atoms with E-state index >= 15 is 0 Å². The molecule has 1 N–H and O–H groups in total. The second-order valence-corrected chi connectivity index (χ2v) is 9.79. The van der Waals surface area contributed by atoms with E-state index in [4.69, 9.17) is 4.74 Å². The molecule has 0 amide bonds. The minimum Gasteiger partial charge on any atom is -0.494 e. The van der Waals surface area contributed by atoms with Crippen LogP contribution in [0.4, 0.5) is 10.1 Å². The average molecular weight is 540 g/mol. The van der Waals surface area contributed by atoms with E-state index < -0.39 is 6.04 Å². The predicted octanol–water partition coefficient (Wildman–Crippen LogP) is 4.01. The molecule has 10 heteroatoms. The number of rotatable bonds is 8. The molecule has 0 saturated carbocycles. The number of hydrogen-bond donors (Lipinski definition) is 1. The predicted molar refractivity (Wildman–Crippen MR) is 151 cm³/mol. The highest BCUT2D eigenvalue weighted by Gasteiger charge is 2.33. The molecule has 6 rings (SSSR count). The number of ether oxygens (including phenoxy) is 1. The number of fused-ring (bicyclic) bond motifs is 1. The lowest BCUT2D eigenvalue weighted by Crippen LogP contribution is -2.49. The van der Waals surface area contributed by atoms with Gasteiger partial charge in [0.25, 0.3) is 5.56 Å². The van der Waals surface area contributed by atoms with Crippen LogP contribution in [0.1, 0.15) is 29.9 Å². The maximum Gasteiger partial charge on any atom is 0.253 e. The van der Waals surface area contributed by atoms with Crippen molar-refractivity contribution in [2.24, 2.45) is 0 Å². The van der Waals surface area contributed by atoms with Gasteiger partial charge in [-0.05, 0) is 59.3 Å². The molecule has 9 nitrogen and oxygen atoms in total. The largest absolute Gasteiger partial charge is 0.494 e. The average Bonchev–Trinajstić information content (AvgIpc) is 3.42. The molecule has 1 saturated heterocycles. The van der Waals surface area contributed by atoms with Crippen molar-refractivity contribution < 1.29 is 9.13 Å². The zero-order chi connectivity index (χ0) is 27.5. The SMILES string of the molecule is CCOc1ccc2[nH]c(=O)c([C@H](c3nnnn3Cc3ccccc3)N3CCN(c4ccccc4F)CC3)cc2c1. The Bertz CT molecular complexity index is 1660. The summed E-state index contributed by atoms with van der Waals surface area (Å²) in [4.78, 5) is 20.9. The first kappa shape index (κ1) is 25.7. The number of nitrogens with one attached hydrogen (secondary N) is 1. The standard InChI is InChI=1S/C30H30FN7O2/c1-2-40-23-12-13-26-22(18-23)19-24(30(39)32-26)28(29-33-34-35-38(29)20-21-8-4-3-5-9-21)37-16-14-36(15-17-37)27-11-7-6-10-25(27)31/h3-13,18-19,28H,2,14-17,20H2,1H3,(H,32,39)/t28-/m1/s1. The van der Waals surface area contributed by atoms with Crippen molar-refractivity contribution >= 4 is 16.6 Å². The third-order valence-electron chi connectivity index (χ3n) is 7.30. The monoisotopic (exact) mass is 539 g/mol. The third-order valence-corrected chi connectivity index (χ3v) is 7.30. The normalized spacial score (nSPS) is 14.9. The Balaban J connectivity index is 1.39. The van der Waals surface area contributed by atoms with Gasteiger partial charge in [-0.1, -0.05) is 42.5 Å². The van der Waals surface area contributed by atoms with Crippen LogP contribution in [-0.2, 0) is 6.54 Å². The van der Waals surface area contributed by atoms with E-state index in [-0.39, 0.29) is 11.4 Å². The van der Waals surface area contributed by atoms with E-state index in [1.54, 1.807) is 16.8 Å².